The van der Waals surface area contributed by atoms with Gasteiger partial charge >= 0.3 is 0 Å². The Hall–Kier alpha value is -1.13. The van der Waals surface area contributed by atoms with E-state index in [9.17, 15) is 5.11 Å². The summed E-state index contributed by atoms with van der Waals surface area (Å²) < 4.78 is 0. The van der Waals surface area contributed by atoms with Gasteiger partial charge in [-0.05, 0) is 57.3 Å². The number of pyridine rings is 1. The Kier molecular flexibility index (Phi) is 5.80. The molecule has 1 aromatic heterocycles. The largest absolute Gasteiger partial charge is 0.393 e. The van der Waals surface area contributed by atoms with Gasteiger partial charge in [-0.2, -0.15) is 0 Å². The lowest BCUT2D eigenvalue weighted by Crippen LogP contribution is -2.36. The number of aliphatic hydroxyl groups excluding tert-OH is 1. The minimum absolute atomic E-state index is 0.170. The van der Waals surface area contributed by atoms with Crippen LogP contribution >= 0.6 is 0 Å². The Balaban J connectivity index is 1.84. The molecule has 2 heterocycles. The van der Waals surface area contributed by atoms with Crippen LogP contribution in [-0.2, 0) is 6.54 Å². The van der Waals surface area contributed by atoms with Gasteiger partial charge in [-0.25, -0.2) is 0 Å². The van der Waals surface area contributed by atoms with Crippen LogP contribution in [0.1, 0.15) is 38.8 Å². The average molecular weight is 277 g/mol. The number of aromatic nitrogens is 1. The summed E-state index contributed by atoms with van der Waals surface area (Å²) in [5.74, 6) is 0.469. The van der Waals surface area contributed by atoms with Gasteiger partial charge in [-0.3, -0.25) is 9.88 Å². The van der Waals surface area contributed by atoms with Gasteiger partial charge in [-0.1, -0.05) is 6.92 Å². The number of hydrogen-bond acceptors (Lipinski definition) is 4. The molecule has 0 saturated carbocycles. The van der Waals surface area contributed by atoms with Gasteiger partial charge in [-0.15, -0.1) is 0 Å². The SMILES string of the molecule is CCCNc1ccnc(CN2CCC(C(C)O)CC2)c1. The molecule has 1 atom stereocenters. The molecule has 2 rings (SSSR count). The van der Waals surface area contributed by atoms with Crippen molar-refractivity contribution in [3.05, 3.63) is 24.0 Å². The minimum atomic E-state index is -0.170. The molecule has 0 radical (unpaired) electrons. The molecule has 1 unspecified atom stereocenters. The van der Waals surface area contributed by atoms with E-state index in [1.807, 2.05) is 19.2 Å². The van der Waals surface area contributed by atoms with E-state index in [2.05, 4.69) is 28.2 Å². The molecule has 4 nitrogen and oxygen atoms in total. The van der Waals surface area contributed by atoms with E-state index in [1.54, 1.807) is 0 Å². The smallest absolute Gasteiger partial charge is 0.0564 e. The third-order valence-electron chi connectivity index (χ3n) is 4.10. The van der Waals surface area contributed by atoms with Crippen LogP contribution in [0.3, 0.4) is 0 Å². The van der Waals surface area contributed by atoms with Crippen molar-refractivity contribution in [2.24, 2.45) is 5.92 Å². The molecule has 1 aliphatic heterocycles. The van der Waals surface area contributed by atoms with Crippen LogP contribution in [0.25, 0.3) is 0 Å². The third-order valence-corrected chi connectivity index (χ3v) is 4.10. The Morgan fingerprint density at radius 1 is 1.45 bits per heavy atom. The van der Waals surface area contributed by atoms with Crippen molar-refractivity contribution in [3.63, 3.8) is 0 Å². The van der Waals surface area contributed by atoms with Gasteiger partial charge in [0, 0.05) is 25.0 Å². The number of likely N-dealkylation sites (tertiary alicyclic amines) is 1. The molecular formula is C16H27N3O. The van der Waals surface area contributed by atoms with E-state index in [1.165, 1.54) is 0 Å². The highest BCUT2D eigenvalue weighted by Crippen LogP contribution is 2.21. The highest BCUT2D eigenvalue weighted by Gasteiger charge is 2.22. The summed E-state index contributed by atoms with van der Waals surface area (Å²) >= 11 is 0. The number of nitrogens with zero attached hydrogens (tertiary/aromatic N) is 2. The van der Waals surface area contributed by atoms with Crippen LogP contribution in [0, 0.1) is 5.92 Å². The second-order valence-electron chi connectivity index (χ2n) is 5.82. The Morgan fingerprint density at radius 2 is 2.20 bits per heavy atom. The molecule has 1 saturated heterocycles. The first-order valence-electron chi connectivity index (χ1n) is 7.78. The molecule has 112 valence electrons. The van der Waals surface area contributed by atoms with Crippen molar-refractivity contribution in [3.8, 4) is 0 Å². The molecule has 0 aromatic carbocycles. The molecule has 20 heavy (non-hydrogen) atoms. The average Bonchev–Trinajstić information content (AvgIpc) is 2.46. The summed E-state index contributed by atoms with van der Waals surface area (Å²) in [4.78, 5) is 6.90. The van der Waals surface area contributed by atoms with Crippen molar-refractivity contribution in [2.45, 2.75) is 45.8 Å². The van der Waals surface area contributed by atoms with E-state index in [-0.39, 0.29) is 6.10 Å². The maximum Gasteiger partial charge on any atom is 0.0564 e. The molecule has 2 N–H and O–H groups in total. The van der Waals surface area contributed by atoms with Crippen LogP contribution in [0.5, 0.6) is 0 Å². The van der Waals surface area contributed by atoms with E-state index < -0.39 is 0 Å². The third kappa shape index (κ3) is 4.46. The molecule has 4 heteroatoms. The predicted octanol–water partition coefficient (Wildman–Crippen LogP) is 2.50. The zero-order valence-corrected chi connectivity index (χ0v) is 12.7. The fourth-order valence-electron chi connectivity index (χ4n) is 2.77. The lowest BCUT2D eigenvalue weighted by atomic mass is 9.92. The second kappa shape index (κ2) is 7.60. The molecule has 0 bridgehead atoms. The summed E-state index contributed by atoms with van der Waals surface area (Å²) in [5, 5.41) is 13.0. The standard InChI is InChI=1S/C16H27N3O/c1-3-7-17-15-4-8-18-16(11-15)12-19-9-5-14(6-10-19)13(2)20/h4,8,11,13-14,20H,3,5-7,9-10,12H2,1-2H3,(H,17,18). The summed E-state index contributed by atoms with van der Waals surface area (Å²) in [5.41, 5.74) is 2.29. The zero-order chi connectivity index (χ0) is 14.4. The zero-order valence-electron chi connectivity index (χ0n) is 12.7. The first kappa shape index (κ1) is 15.3. The molecule has 0 amide bonds. The van der Waals surface area contributed by atoms with Crippen molar-refractivity contribution < 1.29 is 5.11 Å². The summed E-state index contributed by atoms with van der Waals surface area (Å²) in [6.45, 7) is 8.11. The molecule has 0 spiro atoms. The normalized spacial score (nSPS) is 18.9. The fraction of sp³-hybridized carbons (Fsp3) is 0.688. The number of piperidine rings is 1. The summed E-state index contributed by atoms with van der Waals surface area (Å²) in [6.07, 6.45) is 5.02. The lowest BCUT2D eigenvalue weighted by molar-refractivity contribution is 0.0691. The van der Waals surface area contributed by atoms with E-state index >= 15 is 0 Å². The van der Waals surface area contributed by atoms with Crippen LogP contribution in [0.2, 0.25) is 0 Å². The number of anilines is 1. The summed E-state index contributed by atoms with van der Waals surface area (Å²) in [6, 6.07) is 4.18. The van der Waals surface area contributed by atoms with Gasteiger partial charge in [0.2, 0.25) is 0 Å². The Morgan fingerprint density at radius 3 is 2.85 bits per heavy atom. The van der Waals surface area contributed by atoms with E-state index in [4.69, 9.17) is 0 Å². The van der Waals surface area contributed by atoms with E-state index in [0.29, 0.717) is 5.92 Å². The number of aliphatic hydroxyl groups is 1. The number of hydrogen-bond donors (Lipinski definition) is 2. The first-order valence-corrected chi connectivity index (χ1v) is 7.78. The van der Waals surface area contributed by atoms with Gasteiger partial charge in [0.25, 0.3) is 0 Å². The van der Waals surface area contributed by atoms with E-state index in [0.717, 1.165) is 56.8 Å². The van der Waals surface area contributed by atoms with Crippen LogP contribution < -0.4 is 5.32 Å². The van der Waals surface area contributed by atoms with Crippen LogP contribution in [0.4, 0.5) is 5.69 Å². The maximum atomic E-state index is 9.63. The van der Waals surface area contributed by atoms with Crippen molar-refractivity contribution in [1.29, 1.82) is 0 Å². The molecule has 1 fully saturated rings. The molecular weight excluding hydrogens is 250 g/mol. The van der Waals surface area contributed by atoms with Gasteiger partial charge in [0.1, 0.15) is 0 Å². The Labute approximate surface area is 122 Å². The second-order valence-corrected chi connectivity index (χ2v) is 5.82. The van der Waals surface area contributed by atoms with Crippen LogP contribution in [-0.4, -0.2) is 40.7 Å². The molecule has 1 aliphatic rings. The van der Waals surface area contributed by atoms with Crippen molar-refractivity contribution in [1.82, 2.24) is 9.88 Å². The van der Waals surface area contributed by atoms with Gasteiger partial charge < -0.3 is 10.4 Å². The van der Waals surface area contributed by atoms with Crippen molar-refractivity contribution in [2.75, 3.05) is 25.0 Å². The number of nitrogens with one attached hydrogen (secondary N) is 1. The number of rotatable bonds is 6. The van der Waals surface area contributed by atoms with Gasteiger partial charge in [0.15, 0.2) is 0 Å². The first-order chi connectivity index (χ1) is 9.69. The van der Waals surface area contributed by atoms with Gasteiger partial charge in [0.05, 0.1) is 11.8 Å². The van der Waals surface area contributed by atoms with Crippen molar-refractivity contribution >= 4 is 5.69 Å². The highest BCUT2D eigenvalue weighted by atomic mass is 16.3. The fourth-order valence-corrected chi connectivity index (χ4v) is 2.77. The predicted molar refractivity (Wildman–Crippen MR) is 82.7 cm³/mol. The maximum absolute atomic E-state index is 9.63. The topological polar surface area (TPSA) is 48.4 Å². The summed E-state index contributed by atoms with van der Waals surface area (Å²) in [7, 11) is 0. The highest BCUT2D eigenvalue weighted by molar-refractivity contribution is 5.43. The quantitative estimate of drug-likeness (QED) is 0.839. The minimum Gasteiger partial charge on any atom is -0.393 e. The monoisotopic (exact) mass is 277 g/mol. The molecule has 0 aliphatic carbocycles. The van der Waals surface area contributed by atoms with Crippen LogP contribution in [0.15, 0.2) is 18.3 Å². The molecule has 1 aromatic rings. The lowest BCUT2D eigenvalue weighted by Gasteiger charge is -2.33. The Bertz CT molecular complexity index is 400.